The normalized spacial score (nSPS) is 13.4. The Labute approximate surface area is 113 Å². The lowest BCUT2D eigenvalue weighted by molar-refractivity contribution is -0.137. The van der Waals surface area contributed by atoms with E-state index in [1.165, 1.54) is 6.07 Å². The van der Waals surface area contributed by atoms with E-state index >= 15 is 0 Å². The molecular formula is C12H15BrF3NO. The fourth-order valence-electron chi connectivity index (χ4n) is 1.46. The summed E-state index contributed by atoms with van der Waals surface area (Å²) < 4.78 is 43.2. The second-order valence-corrected chi connectivity index (χ2v) is 4.99. The molecular weight excluding hydrogens is 311 g/mol. The van der Waals surface area contributed by atoms with E-state index in [0.717, 1.165) is 12.1 Å². The largest absolute Gasteiger partial charge is 0.416 e. The molecule has 0 amide bonds. The summed E-state index contributed by atoms with van der Waals surface area (Å²) in [5.74, 6) is 0.219. The van der Waals surface area contributed by atoms with Gasteiger partial charge >= 0.3 is 6.18 Å². The topological polar surface area (TPSA) is 21.3 Å². The summed E-state index contributed by atoms with van der Waals surface area (Å²) in [6, 6.07) is 3.55. The maximum Gasteiger partial charge on any atom is 0.416 e. The summed E-state index contributed by atoms with van der Waals surface area (Å²) in [7, 11) is 1.59. The molecule has 1 N–H and O–H groups in total. The minimum Gasteiger partial charge on any atom is -0.384 e. The Morgan fingerprint density at radius 1 is 1.39 bits per heavy atom. The molecule has 1 rings (SSSR count). The van der Waals surface area contributed by atoms with Crippen LogP contribution in [0.25, 0.3) is 0 Å². The van der Waals surface area contributed by atoms with E-state index in [1.54, 1.807) is 7.11 Å². The molecule has 0 aliphatic carbocycles. The summed E-state index contributed by atoms with van der Waals surface area (Å²) >= 11 is 3.23. The van der Waals surface area contributed by atoms with Crippen LogP contribution in [0, 0.1) is 5.92 Å². The third-order valence-corrected chi connectivity index (χ3v) is 3.08. The molecule has 0 radical (unpaired) electrons. The third-order valence-electron chi connectivity index (χ3n) is 2.39. The quantitative estimate of drug-likeness (QED) is 0.877. The van der Waals surface area contributed by atoms with Crippen LogP contribution >= 0.6 is 15.9 Å². The molecule has 1 aromatic carbocycles. The minimum atomic E-state index is -4.32. The Kier molecular flexibility index (Phi) is 5.47. The Balaban J connectivity index is 2.76. The molecule has 0 bridgehead atoms. The van der Waals surface area contributed by atoms with Gasteiger partial charge in [-0.2, -0.15) is 13.2 Å². The van der Waals surface area contributed by atoms with Gasteiger partial charge in [0.25, 0.3) is 0 Å². The van der Waals surface area contributed by atoms with E-state index in [9.17, 15) is 13.2 Å². The molecule has 0 aromatic heterocycles. The lowest BCUT2D eigenvalue weighted by atomic mass is 10.1. The lowest BCUT2D eigenvalue weighted by Crippen LogP contribution is -2.16. The van der Waals surface area contributed by atoms with Gasteiger partial charge in [0.2, 0.25) is 0 Å². The van der Waals surface area contributed by atoms with Crippen molar-refractivity contribution in [1.29, 1.82) is 0 Å². The number of rotatable bonds is 5. The van der Waals surface area contributed by atoms with Crippen LogP contribution in [0.3, 0.4) is 0 Å². The minimum absolute atomic E-state index is 0.219. The second kappa shape index (κ2) is 6.43. The molecule has 0 spiro atoms. The van der Waals surface area contributed by atoms with Crippen molar-refractivity contribution in [2.24, 2.45) is 5.92 Å². The summed E-state index contributed by atoms with van der Waals surface area (Å²) in [5.41, 5.74) is -0.222. The second-order valence-electron chi connectivity index (χ2n) is 4.13. The number of halogens is 4. The highest BCUT2D eigenvalue weighted by atomic mass is 79.9. The Hall–Kier alpha value is -0.750. The fraction of sp³-hybridized carbons (Fsp3) is 0.500. The molecule has 2 nitrogen and oxygen atoms in total. The number of hydrogen-bond acceptors (Lipinski definition) is 2. The molecule has 0 heterocycles. The number of anilines is 1. The fourth-order valence-corrected chi connectivity index (χ4v) is 1.85. The number of hydrogen-bond donors (Lipinski definition) is 1. The number of ether oxygens (including phenoxy) is 1. The molecule has 102 valence electrons. The molecule has 1 atom stereocenters. The van der Waals surface area contributed by atoms with Crippen molar-refractivity contribution in [3.63, 3.8) is 0 Å². The van der Waals surface area contributed by atoms with Gasteiger partial charge in [0.1, 0.15) is 0 Å². The first-order valence-electron chi connectivity index (χ1n) is 5.44. The van der Waals surface area contributed by atoms with E-state index in [0.29, 0.717) is 23.3 Å². The maximum absolute atomic E-state index is 12.6. The van der Waals surface area contributed by atoms with Gasteiger partial charge in [0.05, 0.1) is 12.2 Å². The van der Waals surface area contributed by atoms with Gasteiger partial charge in [-0.25, -0.2) is 0 Å². The first-order chi connectivity index (χ1) is 8.34. The zero-order valence-corrected chi connectivity index (χ0v) is 11.7. The van der Waals surface area contributed by atoms with Crippen molar-refractivity contribution in [2.75, 3.05) is 25.6 Å². The van der Waals surface area contributed by atoms with Crippen LogP contribution in [0.4, 0.5) is 18.9 Å². The van der Waals surface area contributed by atoms with Crippen LogP contribution in [0.1, 0.15) is 12.5 Å². The standard InChI is InChI=1S/C12H15BrF3NO/c1-8(7-18-2)6-17-11-5-9(12(14,15)16)3-4-10(11)13/h3-5,8,17H,6-7H2,1-2H3. The molecule has 0 fully saturated rings. The van der Waals surface area contributed by atoms with E-state index < -0.39 is 11.7 Å². The van der Waals surface area contributed by atoms with E-state index in [1.807, 2.05) is 6.92 Å². The summed E-state index contributed by atoms with van der Waals surface area (Å²) in [6.07, 6.45) is -4.32. The van der Waals surface area contributed by atoms with E-state index in [4.69, 9.17) is 4.74 Å². The highest BCUT2D eigenvalue weighted by Gasteiger charge is 2.30. The molecule has 1 aromatic rings. The van der Waals surface area contributed by atoms with Crippen molar-refractivity contribution in [3.05, 3.63) is 28.2 Å². The summed E-state index contributed by atoms with van der Waals surface area (Å²) in [6.45, 7) is 3.06. The Morgan fingerprint density at radius 2 is 2.06 bits per heavy atom. The molecule has 0 saturated heterocycles. The number of methoxy groups -OCH3 is 1. The third kappa shape index (κ3) is 4.49. The van der Waals surface area contributed by atoms with Crippen LogP contribution in [-0.2, 0) is 10.9 Å². The number of alkyl halides is 3. The zero-order valence-electron chi connectivity index (χ0n) is 10.1. The van der Waals surface area contributed by atoms with E-state index in [2.05, 4.69) is 21.2 Å². The van der Waals surface area contributed by atoms with Crippen molar-refractivity contribution >= 4 is 21.6 Å². The van der Waals surface area contributed by atoms with Gasteiger partial charge < -0.3 is 10.1 Å². The summed E-state index contributed by atoms with van der Waals surface area (Å²) in [4.78, 5) is 0. The molecule has 0 aliphatic heterocycles. The number of benzene rings is 1. The lowest BCUT2D eigenvalue weighted by Gasteiger charge is -2.15. The van der Waals surface area contributed by atoms with Crippen LogP contribution in [0.5, 0.6) is 0 Å². The van der Waals surface area contributed by atoms with Crippen molar-refractivity contribution in [2.45, 2.75) is 13.1 Å². The predicted molar refractivity (Wildman–Crippen MR) is 68.7 cm³/mol. The Bertz CT molecular complexity index is 395. The van der Waals surface area contributed by atoms with Gasteiger partial charge in [-0.15, -0.1) is 0 Å². The van der Waals surface area contributed by atoms with Crippen LogP contribution in [0.15, 0.2) is 22.7 Å². The maximum atomic E-state index is 12.6. The van der Waals surface area contributed by atoms with Crippen LogP contribution in [-0.4, -0.2) is 20.3 Å². The molecule has 6 heteroatoms. The zero-order chi connectivity index (χ0) is 13.8. The van der Waals surface area contributed by atoms with Crippen molar-refractivity contribution in [1.82, 2.24) is 0 Å². The van der Waals surface area contributed by atoms with Crippen molar-refractivity contribution in [3.8, 4) is 0 Å². The molecule has 1 unspecified atom stereocenters. The van der Waals surface area contributed by atoms with E-state index in [-0.39, 0.29) is 5.92 Å². The monoisotopic (exact) mass is 325 g/mol. The van der Waals surface area contributed by atoms with Crippen molar-refractivity contribution < 1.29 is 17.9 Å². The SMILES string of the molecule is COCC(C)CNc1cc(C(F)(F)F)ccc1Br. The first kappa shape index (κ1) is 15.3. The molecule has 0 aliphatic rings. The van der Waals surface area contributed by atoms with Gasteiger partial charge in [0, 0.05) is 23.8 Å². The van der Waals surface area contributed by atoms with Gasteiger partial charge in [0.15, 0.2) is 0 Å². The average Bonchev–Trinajstić information content (AvgIpc) is 2.26. The first-order valence-corrected chi connectivity index (χ1v) is 6.23. The molecule has 18 heavy (non-hydrogen) atoms. The van der Waals surface area contributed by atoms with Gasteiger partial charge in [-0.3, -0.25) is 0 Å². The average molecular weight is 326 g/mol. The van der Waals surface area contributed by atoms with Gasteiger partial charge in [-0.1, -0.05) is 6.92 Å². The van der Waals surface area contributed by atoms with Crippen LogP contribution < -0.4 is 5.32 Å². The summed E-state index contributed by atoms with van der Waals surface area (Å²) in [5, 5.41) is 2.98. The van der Waals surface area contributed by atoms with Crippen LogP contribution in [0.2, 0.25) is 0 Å². The predicted octanol–water partition coefficient (Wildman–Crippen LogP) is 4.16. The highest BCUT2D eigenvalue weighted by Crippen LogP contribution is 2.33. The molecule has 0 saturated carbocycles. The smallest absolute Gasteiger partial charge is 0.384 e. The highest BCUT2D eigenvalue weighted by molar-refractivity contribution is 9.10. The Morgan fingerprint density at radius 3 is 2.61 bits per heavy atom. The van der Waals surface area contributed by atoms with Gasteiger partial charge in [-0.05, 0) is 40.0 Å². The number of nitrogens with one attached hydrogen (secondary N) is 1.